The van der Waals surface area contributed by atoms with Gasteiger partial charge in [0, 0.05) is 52.3 Å². The molecular formula is C27H40N4O8S. The average Bonchev–Trinajstić information content (AvgIpc) is 3.45. The van der Waals surface area contributed by atoms with Gasteiger partial charge < -0.3 is 19.3 Å². The van der Waals surface area contributed by atoms with E-state index < -0.39 is 33.2 Å². The summed E-state index contributed by atoms with van der Waals surface area (Å²) in [5, 5.41) is 9.44. The Bertz CT molecular complexity index is 1200. The number of nitrogens with one attached hydrogen (secondary N) is 1. The quantitative estimate of drug-likeness (QED) is 0.366. The topological polar surface area (TPSA) is 146 Å². The van der Waals surface area contributed by atoms with Crippen molar-refractivity contribution in [1.29, 1.82) is 0 Å². The van der Waals surface area contributed by atoms with Crippen molar-refractivity contribution in [2.45, 2.75) is 51.0 Å². The Hall–Kier alpha value is -2.74. The van der Waals surface area contributed by atoms with Gasteiger partial charge in [-0.25, -0.2) is 23.0 Å². The van der Waals surface area contributed by atoms with Gasteiger partial charge in [-0.15, -0.1) is 0 Å². The van der Waals surface area contributed by atoms with Crippen molar-refractivity contribution >= 4 is 27.9 Å². The van der Waals surface area contributed by atoms with E-state index in [-0.39, 0.29) is 43.9 Å². The van der Waals surface area contributed by atoms with E-state index in [0.717, 1.165) is 11.1 Å². The monoisotopic (exact) mass is 580 g/mol. The lowest BCUT2D eigenvalue weighted by Crippen LogP contribution is -2.55. The van der Waals surface area contributed by atoms with Crippen LogP contribution >= 0.6 is 0 Å². The number of amides is 3. The Morgan fingerprint density at radius 1 is 1.12 bits per heavy atom. The second-order valence-electron chi connectivity index (χ2n) is 11.3. The van der Waals surface area contributed by atoms with Crippen molar-refractivity contribution in [2.24, 2.45) is 5.41 Å². The molecule has 1 aromatic rings. The lowest BCUT2D eigenvalue weighted by molar-refractivity contribution is -0.141. The fourth-order valence-electron chi connectivity index (χ4n) is 5.91. The molecule has 0 bridgehead atoms. The van der Waals surface area contributed by atoms with Crippen molar-refractivity contribution in [1.82, 2.24) is 19.6 Å². The molecule has 3 aliphatic rings. The third-order valence-corrected chi connectivity index (χ3v) is 10.5. The molecule has 4 rings (SSSR count). The summed E-state index contributed by atoms with van der Waals surface area (Å²) in [5.41, 5.74) is 3.02. The highest BCUT2D eigenvalue weighted by Crippen LogP contribution is 2.37. The molecule has 0 radical (unpaired) electrons. The number of hydroxylamine groups is 1. The van der Waals surface area contributed by atoms with Crippen LogP contribution in [0.4, 0.5) is 4.79 Å². The van der Waals surface area contributed by atoms with Crippen LogP contribution in [0.2, 0.25) is 0 Å². The molecule has 1 atom stereocenters. The molecule has 13 heteroatoms. The number of carbonyl (C=O) groups is 3. The smallest absolute Gasteiger partial charge is 0.410 e. The first-order valence-electron chi connectivity index (χ1n) is 13.7. The maximum absolute atomic E-state index is 13.5. The Balaban J connectivity index is 1.37. The molecule has 0 aliphatic carbocycles. The summed E-state index contributed by atoms with van der Waals surface area (Å²) in [7, 11) is -0.419. The SMILES string of the molecule is Cc1cc(C(=O)N(C)C)ccc1C1CCN(S(=O)(=O)CC2(C(=O)NO)CCN(C(=O)OC3CCOC3)CC2)CC1. The molecule has 0 aromatic heterocycles. The van der Waals surface area contributed by atoms with Crippen LogP contribution in [0.15, 0.2) is 18.2 Å². The summed E-state index contributed by atoms with van der Waals surface area (Å²) in [6.07, 6.45) is 1.23. The Morgan fingerprint density at radius 3 is 2.35 bits per heavy atom. The normalized spacial score (nSPS) is 22.1. The lowest BCUT2D eigenvalue weighted by Gasteiger charge is -2.41. The van der Waals surface area contributed by atoms with E-state index in [4.69, 9.17) is 9.47 Å². The molecule has 1 aromatic carbocycles. The third-order valence-electron chi connectivity index (χ3n) is 8.39. The summed E-state index contributed by atoms with van der Waals surface area (Å²) in [6, 6.07) is 5.65. The second-order valence-corrected chi connectivity index (χ2v) is 13.2. The number of nitrogens with zero attached hydrogens (tertiary/aromatic N) is 3. The number of piperidine rings is 2. The van der Waals surface area contributed by atoms with E-state index >= 15 is 0 Å². The van der Waals surface area contributed by atoms with E-state index in [1.165, 1.54) is 14.1 Å². The number of benzene rings is 1. The third kappa shape index (κ3) is 6.59. The zero-order valence-corrected chi connectivity index (χ0v) is 24.2. The largest absolute Gasteiger partial charge is 0.444 e. The van der Waals surface area contributed by atoms with Gasteiger partial charge in [-0.2, -0.15) is 0 Å². The number of rotatable bonds is 7. The highest BCUT2D eigenvalue weighted by molar-refractivity contribution is 7.89. The van der Waals surface area contributed by atoms with Crippen molar-refractivity contribution in [3.05, 3.63) is 34.9 Å². The average molecular weight is 581 g/mol. The number of sulfonamides is 1. The summed E-state index contributed by atoms with van der Waals surface area (Å²) in [5.74, 6) is -1.12. The minimum atomic E-state index is -3.84. The molecule has 12 nitrogen and oxygen atoms in total. The van der Waals surface area contributed by atoms with Crippen LogP contribution < -0.4 is 5.48 Å². The van der Waals surface area contributed by atoms with Crippen LogP contribution in [0.5, 0.6) is 0 Å². The molecule has 3 amide bonds. The predicted molar refractivity (Wildman–Crippen MR) is 145 cm³/mol. The van der Waals surface area contributed by atoms with Gasteiger partial charge in [-0.05, 0) is 61.8 Å². The van der Waals surface area contributed by atoms with E-state index in [0.29, 0.717) is 51.1 Å². The fourth-order valence-corrected chi connectivity index (χ4v) is 7.97. The first-order chi connectivity index (χ1) is 19.0. The molecule has 3 aliphatic heterocycles. The van der Waals surface area contributed by atoms with Gasteiger partial charge in [-0.3, -0.25) is 14.8 Å². The second kappa shape index (κ2) is 12.4. The highest BCUT2D eigenvalue weighted by atomic mass is 32.2. The molecular weight excluding hydrogens is 540 g/mol. The zero-order valence-electron chi connectivity index (χ0n) is 23.4. The van der Waals surface area contributed by atoms with Gasteiger partial charge in [0.15, 0.2) is 0 Å². The van der Waals surface area contributed by atoms with E-state index in [1.54, 1.807) is 19.6 Å². The van der Waals surface area contributed by atoms with Gasteiger partial charge in [0.25, 0.3) is 11.8 Å². The van der Waals surface area contributed by atoms with Gasteiger partial charge >= 0.3 is 6.09 Å². The van der Waals surface area contributed by atoms with Crippen LogP contribution in [-0.4, -0.2) is 111 Å². The van der Waals surface area contributed by atoms with Crippen molar-refractivity contribution in [3.63, 3.8) is 0 Å². The minimum absolute atomic E-state index is 0.0671. The summed E-state index contributed by atoms with van der Waals surface area (Å²) >= 11 is 0. The van der Waals surface area contributed by atoms with Crippen molar-refractivity contribution < 1.29 is 37.5 Å². The molecule has 2 N–H and O–H groups in total. The van der Waals surface area contributed by atoms with E-state index in [9.17, 15) is 28.0 Å². The number of hydrogen-bond acceptors (Lipinski definition) is 8. The number of carbonyl (C=O) groups excluding carboxylic acids is 3. The van der Waals surface area contributed by atoms with Crippen LogP contribution in [-0.2, 0) is 24.3 Å². The molecule has 3 fully saturated rings. The van der Waals surface area contributed by atoms with Crippen LogP contribution in [0, 0.1) is 12.3 Å². The Morgan fingerprint density at radius 2 is 1.80 bits per heavy atom. The maximum atomic E-state index is 13.5. The number of hydrogen-bond donors (Lipinski definition) is 2. The molecule has 40 heavy (non-hydrogen) atoms. The Labute approximate surface area is 235 Å². The molecule has 0 saturated carbocycles. The number of aryl methyl sites for hydroxylation is 1. The van der Waals surface area contributed by atoms with Gasteiger partial charge in [0.1, 0.15) is 6.10 Å². The van der Waals surface area contributed by atoms with Crippen molar-refractivity contribution in [3.8, 4) is 0 Å². The standard InChI is InChI=1S/C27H40N4O8S/c1-19-16-21(24(32)29(2)3)4-5-23(19)20-6-11-31(12-7-20)40(36,37)18-27(25(33)28-35)9-13-30(14-10-27)26(34)39-22-8-15-38-17-22/h4-5,16,20,22,35H,6-15,17-18H2,1-3H3,(H,28,33). The van der Waals surface area contributed by atoms with Gasteiger partial charge in [-0.1, -0.05) is 6.07 Å². The van der Waals surface area contributed by atoms with Crippen LogP contribution in [0.1, 0.15) is 59.5 Å². The number of ether oxygens (including phenoxy) is 2. The summed E-state index contributed by atoms with van der Waals surface area (Å²) in [6.45, 7) is 3.76. The minimum Gasteiger partial charge on any atom is -0.444 e. The molecule has 0 spiro atoms. The molecule has 1 unspecified atom stereocenters. The summed E-state index contributed by atoms with van der Waals surface area (Å²) < 4.78 is 39.2. The van der Waals surface area contributed by atoms with Crippen molar-refractivity contribution in [2.75, 3.05) is 59.2 Å². The van der Waals surface area contributed by atoms with Gasteiger partial charge in [0.2, 0.25) is 10.0 Å². The maximum Gasteiger partial charge on any atom is 0.410 e. The highest BCUT2D eigenvalue weighted by Gasteiger charge is 2.47. The van der Waals surface area contributed by atoms with Crippen LogP contribution in [0.25, 0.3) is 0 Å². The van der Waals surface area contributed by atoms with E-state index in [1.807, 2.05) is 25.1 Å². The molecule has 3 heterocycles. The first kappa shape index (κ1) is 30.2. The predicted octanol–water partition coefficient (Wildman–Crippen LogP) is 1.72. The van der Waals surface area contributed by atoms with E-state index in [2.05, 4.69) is 0 Å². The Kier molecular flexibility index (Phi) is 9.38. The number of likely N-dealkylation sites (tertiary alicyclic amines) is 1. The van der Waals surface area contributed by atoms with Crippen LogP contribution in [0.3, 0.4) is 0 Å². The molecule has 222 valence electrons. The van der Waals surface area contributed by atoms with Gasteiger partial charge in [0.05, 0.1) is 24.4 Å². The zero-order chi connectivity index (χ0) is 29.1. The first-order valence-corrected chi connectivity index (χ1v) is 15.3. The summed E-state index contributed by atoms with van der Waals surface area (Å²) in [4.78, 5) is 40.6. The fraction of sp³-hybridized carbons (Fsp3) is 0.667. The molecule has 3 saturated heterocycles. The lowest BCUT2D eigenvalue weighted by atomic mass is 9.79.